The van der Waals surface area contributed by atoms with Crippen LogP contribution in [0.1, 0.15) is 28.4 Å². The summed E-state index contributed by atoms with van der Waals surface area (Å²) in [5.74, 6) is -0.938. The number of halogens is 2. The summed E-state index contributed by atoms with van der Waals surface area (Å²) in [7, 11) is 0. The maximum atomic E-state index is 13.7. The lowest BCUT2D eigenvalue weighted by atomic mass is 10.1. The Morgan fingerprint density at radius 2 is 2.00 bits per heavy atom. The minimum atomic E-state index is -0.511. The molecule has 0 bridgehead atoms. The predicted molar refractivity (Wildman–Crippen MR) is 82.6 cm³/mol. The number of carbonyl (C=O) groups is 1. The number of hydrogen-bond donors (Lipinski definition) is 1. The monoisotopic (exact) mass is 335 g/mol. The molecule has 2 nitrogen and oxygen atoms in total. The maximum Gasteiger partial charge on any atom is 0.258 e. The Kier molecular flexibility index (Phi) is 4.55. The van der Waals surface area contributed by atoms with Crippen LogP contribution < -0.4 is 5.32 Å². The predicted octanol–water partition coefficient (Wildman–Crippen LogP) is 4.71. The van der Waals surface area contributed by atoms with Gasteiger partial charge in [-0.3, -0.25) is 4.79 Å². The van der Waals surface area contributed by atoms with Crippen LogP contribution in [0.4, 0.5) is 10.1 Å². The summed E-state index contributed by atoms with van der Waals surface area (Å²) in [5.41, 5.74) is 2.63. The highest BCUT2D eigenvalue weighted by atomic mass is 79.9. The molecule has 1 amide bonds. The fourth-order valence-corrected chi connectivity index (χ4v) is 2.39. The summed E-state index contributed by atoms with van der Waals surface area (Å²) < 4.78 is 14.7. The quantitative estimate of drug-likeness (QED) is 0.864. The summed E-state index contributed by atoms with van der Waals surface area (Å²) in [6.45, 7) is 3.83. The van der Waals surface area contributed by atoms with E-state index in [1.807, 2.05) is 32.0 Å². The second-order valence-corrected chi connectivity index (χ2v) is 5.51. The molecule has 1 N–H and O–H groups in total. The lowest BCUT2D eigenvalue weighted by Gasteiger charge is -2.11. The van der Waals surface area contributed by atoms with E-state index in [0.29, 0.717) is 5.69 Å². The molecule has 2 rings (SSSR count). The number of benzene rings is 2. The average molecular weight is 336 g/mol. The largest absolute Gasteiger partial charge is 0.322 e. The third kappa shape index (κ3) is 3.25. The number of anilines is 1. The molecule has 0 spiro atoms. The van der Waals surface area contributed by atoms with Crippen molar-refractivity contribution in [3.8, 4) is 0 Å². The maximum absolute atomic E-state index is 13.7. The highest BCUT2D eigenvalue weighted by Crippen LogP contribution is 2.22. The number of rotatable bonds is 3. The van der Waals surface area contributed by atoms with Crippen molar-refractivity contribution in [1.82, 2.24) is 0 Å². The number of hydrogen-bond acceptors (Lipinski definition) is 1. The third-order valence-corrected chi connectivity index (χ3v) is 3.56. The van der Waals surface area contributed by atoms with Crippen LogP contribution in [0.25, 0.3) is 0 Å². The highest BCUT2D eigenvalue weighted by Gasteiger charge is 2.13. The van der Waals surface area contributed by atoms with Crippen LogP contribution in [0.5, 0.6) is 0 Å². The molecule has 0 heterocycles. The van der Waals surface area contributed by atoms with Gasteiger partial charge in [-0.1, -0.05) is 34.5 Å². The van der Waals surface area contributed by atoms with Crippen molar-refractivity contribution in [2.75, 3.05) is 5.32 Å². The van der Waals surface area contributed by atoms with Gasteiger partial charge in [0.1, 0.15) is 5.82 Å². The van der Waals surface area contributed by atoms with E-state index in [0.717, 1.165) is 22.0 Å². The molecular weight excluding hydrogens is 321 g/mol. The standard InChI is InChI=1S/C16H15BrFNO/c1-3-11-9-12(17)5-7-15(11)19-16(20)13-8-10(2)4-6-14(13)18/h4-9H,3H2,1-2H3,(H,19,20). The van der Waals surface area contributed by atoms with Crippen molar-refractivity contribution < 1.29 is 9.18 Å². The first-order chi connectivity index (χ1) is 9.51. The molecule has 0 aliphatic rings. The average Bonchev–Trinajstić information content (AvgIpc) is 2.43. The van der Waals surface area contributed by atoms with Crippen molar-refractivity contribution in [3.63, 3.8) is 0 Å². The minimum Gasteiger partial charge on any atom is -0.322 e. The Morgan fingerprint density at radius 1 is 1.25 bits per heavy atom. The van der Waals surface area contributed by atoms with Crippen molar-refractivity contribution >= 4 is 27.5 Å². The fraction of sp³-hybridized carbons (Fsp3) is 0.188. The molecule has 0 atom stereocenters. The van der Waals surface area contributed by atoms with Gasteiger partial charge in [0.25, 0.3) is 5.91 Å². The molecule has 0 aromatic heterocycles. The summed E-state index contributed by atoms with van der Waals surface area (Å²) in [6, 6.07) is 10.1. The van der Waals surface area contributed by atoms with E-state index in [1.54, 1.807) is 12.1 Å². The summed E-state index contributed by atoms with van der Waals surface area (Å²) in [5, 5.41) is 2.77. The molecule has 0 saturated heterocycles. The third-order valence-electron chi connectivity index (χ3n) is 3.06. The molecule has 0 saturated carbocycles. The van der Waals surface area contributed by atoms with Crippen LogP contribution in [0.15, 0.2) is 40.9 Å². The molecule has 2 aromatic carbocycles. The summed E-state index contributed by atoms with van der Waals surface area (Å²) >= 11 is 3.40. The van der Waals surface area contributed by atoms with E-state index in [4.69, 9.17) is 0 Å². The normalized spacial score (nSPS) is 10.4. The smallest absolute Gasteiger partial charge is 0.258 e. The topological polar surface area (TPSA) is 29.1 Å². The first kappa shape index (κ1) is 14.7. The number of aryl methyl sites for hydroxylation is 2. The second kappa shape index (κ2) is 6.18. The van der Waals surface area contributed by atoms with Crippen molar-refractivity contribution in [2.45, 2.75) is 20.3 Å². The molecule has 20 heavy (non-hydrogen) atoms. The zero-order chi connectivity index (χ0) is 14.7. The van der Waals surface area contributed by atoms with Gasteiger partial charge < -0.3 is 5.32 Å². The van der Waals surface area contributed by atoms with Crippen molar-refractivity contribution in [1.29, 1.82) is 0 Å². The molecule has 0 aliphatic carbocycles. The van der Waals surface area contributed by atoms with Crippen molar-refractivity contribution in [2.24, 2.45) is 0 Å². The van der Waals surface area contributed by atoms with E-state index in [-0.39, 0.29) is 5.56 Å². The number of carbonyl (C=O) groups excluding carboxylic acids is 1. The van der Waals surface area contributed by atoms with E-state index < -0.39 is 11.7 Å². The fourth-order valence-electron chi connectivity index (χ4n) is 1.98. The Labute approximate surface area is 126 Å². The lowest BCUT2D eigenvalue weighted by Crippen LogP contribution is -2.15. The highest BCUT2D eigenvalue weighted by molar-refractivity contribution is 9.10. The number of amides is 1. The molecule has 0 aliphatic heterocycles. The first-order valence-electron chi connectivity index (χ1n) is 6.37. The number of nitrogens with one attached hydrogen (secondary N) is 1. The molecule has 4 heteroatoms. The van der Waals surface area contributed by atoms with Gasteiger partial charge in [-0.15, -0.1) is 0 Å². The molecule has 0 fully saturated rings. The Balaban J connectivity index is 2.30. The van der Waals surface area contributed by atoms with Gasteiger partial charge in [-0.25, -0.2) is 4.39 Å². The van der Waals surface area contributed by atoms with Gasteiger partial charge in [-0.05, 0) is 49.2 Å². The van der Waals surface area contributed by atoms with Gasteiger partial charge in [-0.2, -0.15) is 0 Å². The van der Waals surface area contributed by atoms with Gasteiger partial charge in [0.15, 0.2) is 0 Å². The van der Waals surface area contributed by atoms with Crippen LogP contribution in [0, 0.1) is 12.7 Å². The zero-order valence-electron chi connectivity index (χ0n) is 11.3. The first-order valence-corrected chi connectivity index (χ1v) is 7.16. The molecule has 2 aromatic rings. The van der Waals surface area contributed by atoms with Gasteiger partial charge in [0.2, 0.25) is 0 Å². The summed E-state index contributed by atoms with van der Waals surface area (Å²) in [4.78, 5) is 12.2. The van der Waals surface area contributed by atoms with E-state index in [2.05, 4.69) is 21.2 Å². The van der Waals surface area contributed by atoms with Gasteiger partial charge >= 0.3 is 0 Å². The molecule has 0 unspecified atom stereocenters. The Bertz CT molecular complexity index is 655. The van der Waals surface area contributed by atoms with E-state index >= 15 is 0 Å². The minimum absolute atomic E-state index is 0.0648. The SMILES string of the molecule is CCc1cc(Br)ccc1NC(=O)c1cc(C)ccc1F. The van der Waals surface area contributed by atoms with Gasteiger partial charge in [0.05, 0.1) is 5.56 Å². The van der Waals surface area contributed by atoms with Crippen LogP contribution in [0.2, 0.25) is 0 Å². The van der Waals surface area contributed by atoms with E-state index in [9.17, 15) is 9.18 Å². The van der Waals surface area contributed by atoms with Crippen molar-refractivity contribution in [3.05, 3.63) is 63.4 Å². The van der Waals surface area contributed by atoms with E-state index in [1.165, 1.54) is 6.07 Å². The van der Waals surface area contributed by atoms with Gasteiger partial charge in [0, 0.05) is 10.2 Å². The Morgan fingerprint density at radius 3 is 2.70 bits per heavy atom. The Hall–Kier alpha value is -1.68. The van der Waals surface area contributed by atoms with Crippen LogP contribution in [0.3, 0.4) is 0 Å². The molecular formula is C16H15BrFNO. The lowest BCUT2D eigenvalue weighted by molar-refractivity contribution is 0.102. The molecule has 104 valence electrons. The molecule has 0 radical (unpaired) electrons. The second-order valence-electron chi connectivity index (χ2n) is 4.59. The van der Waals surface area contributed by atoms with Crippen LogP contribution >= 0.6 is 15.9 Å². The van der Waals surface area contributed by atoms with Crippen LogP contribution in [-0.2, 0) is 6.42 Å². The van der Waals surface area contributed by atoms with Crippen LogP contribution in [-0.4, -0.2) is 5.91 Å². The zero-order valence-corrected chi connectivity index (χ0v) is 12.9. The summed E-state index contributed by atoms with van der Waals surface area (Å²) in [6.07, 6.45) is 0.783.